The van der Waals surface area contributed by atoms with Gasteiger partial charge in [0.2, 0.25) is 0 Å². The molecule has 1 heterocycles. The van der Waals surface area contributed by atoms with Crippen LogP contribution in [0, 0.1) is 0 Å². The Hall–Kier alpha value is -0.900. The monoisotopic (exact) mass is 141 g/mol. The van der Waals surface area contributed by atoms with Crippen molar-refractivity contribution in [1.82, 2.24) is 10.3 Å². The Balaban J connectivity index is 2.78. The molecular formula is C6H11N3O. The molecule has 1 aliphatic rings. The molecule has 0 aliphatic carbocycles. The molecule has 56 valence electrons. The Morgan fingerprint density at radius 3 is 2.50 bits per heavy atom. The highest BCUT2D eigenvalue weighted by molar-refractivity contribution is 6.10. The molecule has 1 N–H and O–H groups in total. The molecule has 0 aromatic rings. The number of hydrogen-bond acceptors (Lipinski definition) is 3. The second kappa shape index (κ2) is 2.38. The number of likely N-dealkylation sites (N-methyl/N-ethyl adjacent to an activating group) is 2. The lowest BCUT2D eigenvalue weighted by Crippen LogP contribution is -2.39. The van der Waals surface area contributed by atoms with E-state index in [0.29, 0.717) is 0 Å². The lowest BCUT2D eigenvalue weighted by Gasteiger charge is -2.07. The molecule has 0 saturated carbocycles. The van der Waals surface area contributed by atoms with E-state index in [1.807, 2.05) is 6.92 Å². The van der Waals surface area contributed by atoms with Crippen molar-refractivity contribution in [3.63, 3.8) is 0 Å². The van der Waals surface area contributed by atoms with Gasteiger partial charge in [-0.2, -0.15) is 5.10 Å². The van der Waals surface area contributed by atoms with Crippen LogP contribution in [0.15, 0.2) is 5.10 Å². The molecule has 0 aromatic heterocycles. The normalized spacial score (nSPS) is 25.5. The predicted molar refractivity (Wildman–Crippen MR) is 38.7 cm³/mol. The highest BCUT2D eigenvalue weighted by Crippen LogP contribution is 2.04. The van der Waals surface area contributed by atoms with Crippen molar-refractivity contribution >= 4 is 11.6 Å². The van der Waals surface area contributed by atoms with Crippen LogP contribution in [0.2, 0.25) is 0 Å². The van der Waals surface area contributed by atoms with E-state index in [9.17, 15) is 4.79 Å². The summed E-state index contributed by atoms with van der Waals surface area (Å²) in [5.41, 5.74) is 0.829. The summed E-state index contributed by atoms with van der Waals surface area (Å²) in [6, 6.07) is -0.204. The number of hydrazone groups is 1. The molecule has 0 aromatic carbocycles. The first kappa shape index (κ1) is 7.21. The fraction of sp³-hybridized carbons (Fsp3) is 0.667. The SMILES string of the molecule is CNC1C(=O)N(C)N=C1C. The summed E-state index contributed by atoms with van der Waals surface area (Å²) in [4.78, 5) is 11.1. The van der Waals surface area contributed by atoms with Crippen LogP contribution in [-0.2, 0) is 4.79 Å². The molecule has 1 atom stereocenters. The van der Waals surface area contributed by atoms with Gasteiger partial charge in [0.15, 0.2) is 0 Å². The molecule has 1 rings (SSSR count). The Morgan fingerprint density at radius 2 is 2.30 bits per heavy atom. The van der Waals surface area contributed by atoms with Gasteiger partial charge in [-0.15, -0.1) is 0 Å². The lowest BCUT2D eigenvalue weighted by molar-refractivity contribution is -0.128. The third-order valence-electron chi connectivity index (χ3n) is 1.58. The Labute approximate surface area is 59.9 Å². The molecule has 0 radical (unpaired) electrons. The van der Waals surface area contributed by atoms with E-state index >= 15 is 0 Å². The number of rotatable bonds is 1. The summed E-state index contributed by atoms with van der Waals surface area (Å²) in [6.45, 7) is 1.84. The van der Waals surface area contributed by atoms with Gasteiger partial charge >= 0.3 is 0 Å². The molecule has 0 fully saturated rings. The maximum Gasteiger partial charge on any atom is 0.265 e. The van der Waals surface area contributed by atoms with Gasteiger partial charge < -0.3 is 5.32 Å². The number of amides is 1. The zero-order chi connectivity index (χ0) is 7.72. The molecule has 1 unspecified atom stereocenters. The van der Waals surface area contributed by atoms with Crippen molar-refractivity contribution in [2.45, 2.75) is 13.0 Å². The van der Waals surface area contributed by atoms with Gasteiger partial charge in [-0.3, -0.25) is 4.79 Å². The van der Waals surface area contributed by atoms with Gasteiger partial charge in [-0.05, 0) is 14.0 Å². The molecule has 0 saturated heterocycles. The molecule has 10 heavy (non-hydrogen) atoms. The highest BCUT2D eigenvalue weighted by atomic mass is 16.2. The zero-order valence-corrected chi connectivity index (χ0v) is 6.38. The van der Waals surface area contributed by atoms with E-state index in [-0.39, 0.29) is 11.9 Å². The number of nitrogens with one attached hydrogen (secondary N) is 1. The van der Waals surface area contributed by atoms with E-state index in [0.717, 1.165) is 5.71 Å². The van der Waals surface area contributed by atoms with Gasteiger partial charge in [-0.25, -0.2) is 5.01 Å². The van der Waals surface area contributed by atoms with Crippen molar-refractivity contribution in [2.75, 3.05) is 14.1 Å². The zero-order valence-electron chi connectivity index (χ0n) is 6.38. The first-order valence-electron chi connectivity index (χ1n) is 3.16. The maximum absolute atomic E-state index is 11.1. The summed E-state index contributed by atoms with van der Waals surface area (Å²) in [5, 5.41) is 8.19. The van der Waals surface area contributed by atoms with E-state index < -0.39 is 0 Å². The average Bonchev–Trinajstić information content (AvgIpc) is 2.09. The van der Waals surface area contributed by atoms with Gasteiger partial charge in [0.1, 0.15) is 6.04 Å². The van der Waals surface area contributed by atoms with Crippen LogP contribution in [-0.4, -0.2) is 36.8 Å². The summed E-state index contributed by atoms with van der Waals surface area (Å²) in [7, 11) is 3.41. The minimum absolute atomic E-state index is 0.0139. The molecule has 0 spiro atoms. The number of carbonyl (C=O) groups excluding carboxylic acids is 1. The maximum atomic E-state index is 11.1. The number of carbonyl (C=O) groups is 1. The molecular weight excluding hydrogens is 130 g/mol. The standard InChI is InChI=1S/C6H11N3O/c1-4-5(7-2)6(10)9(3)8-4/h5,7H,1-3H3. The topological polar surface area (TPSA) is 44.7 Å². The number of hydrogen-bond donors (Lipinski definition) is 1. The fourth-order valence-electron chi connectivity index (χ4n) is 1.04. The van der Waals surface area contributed by atoms with Crippen LogP contribution in [0.5, 0.6) is 0 Å². The summed E-state index contributed by atoms with van der Waals surface area (Å²) in [5.74, 6) is 0.0139. The predicted octanol–water partition coefficient (Wildman–Crippen LogP) is -0.578. The fourth-order valence-corrected chi connectivity index (χ4v) is 1.04. The highest BCUT2D eigenvalue weighted by Gasteiger charge is 2.29. The summed E-state index contributed by atoms with van der Waals surface area (Å²) in [6.07, 6.45) is 0. The van der Waals surface area contributed by atoms with Gasteiger partial charge in [0.05, 0.1) is 5.71 Å². The summed E-state index contributed by atoms with van der Waals surface area (Å²) >= 11 is 0. The van der Waals surface area contributed by atoms with E-state index in [2.05, 4.69) is 10.4 Å². The largest absolute Gasteiger partial charge is 0.304 e. The van der Waals surface area contributed by atoms with Crippen molar-refractivity contribution < 1.29 is 4.79 Å². The smallest absolute Gasteiger partial charge is 0.265 e. The first-order chi connectivity index (χ1) is 4.66. The molecule has 1 amide bonds. The van der Waals surface area contributed by atoms with E-state index in [1.165, 1.54) is 5.01 Å². The van der Waals surface area contributed by atoms with Crippen LogP contribution < -0.4 is 5.32 Å². The van der Waals surface area contributed by atoms with Gasteiger partial charge in [0.25, 0.3) is 5.91 Å². The summed E-state index contributed by atoms with van der Waals surface area (Å²) < 4.78 is 0. The minimum Gasteiger partial charge on any atom is -0.304 e. The average molecular weight is 141 g/mol. The Kier molecular flexibility index (Phi) is 1.72. The third-order valence-corrected chi connectivity index (χ3v) is 1.58. The number of nitrogens with zero attached hydrogens (tertiary/aromatic N) is 2. The molecule has 1 aliphatic heterocycles. The van der Waals surface area contributed by atoms with Crippen molar-refractivity contribution in [1.29, 1.82) is 0 Å². The van der Waals surface area contributed by atoms with Crippen molar-refractivity contribution in [3.05, 3.63) is 0 Å². The minimum atomic E-state index is -0.204. The molecule has 4 nitrogen and oxygen atoms in total. The Bertz CT molecular complexity index is 187. The van der Waals surface area contributed by atoms with Crippen LogP contribution in [0.25, 0.3) is 0 Å². The van der Waals surface area contributed by atoms with Crippen molar-refractivity contribution in [2.24, 2.45) is 5.10 Å². The van der Waals surface area contributed by atoms with Crippen LogP contribution in [0.3, 0.4) is 0 Å². The van der Waals surface area contributed by atoms with E-state index in [1.54, 1.807) is 14.1 Å². The van der Waals surface area contributed by atoms with Crippen LogP contribution >= 0.6 is 0 Å². The quantitative estimate of drug-likeness (QED) is 0.531. The second-order valence-electron chi connectivity index (χ2n) is 2.32. The Morgan fingerprint density at radius 1 is 1.70 bits per heavy atom. The first-order valence-corrected chi connectivity index (χ1v) is 3.16. The van der Waals surface area contributed by atoms with Crippen LogP contribution in [0.1, 0.15) is 6.92 Å². The van der Waals surface area contributed by atoms with E-state index in [4.69, 9.17) is 0 Å². The van der Waals surface area contributed by atoms with Crippen LogP contribution in [0.4, 0.5) is 0 Å². The van der Waals surface area contributed by atoms with Gasteiger partial charge in [-0.1, -0.05) is 0 Å². The third kappa shape index (κ3) is 0.903. The lowest BCUT2D eigenvalue weighted by atomic mass is 10.2. The van der Waals surface area contributed by atoms with Gasteiger partial charge in [0, 0.05) is 7.05 Å². The second-order valence-corrected chi connectivity index (χ2v) is 2.32. The molecule has 4 heteroatoms. The van der Waals surface area contributed by atoms with Crippen molar-refractivity contribution in [3.8, 4) is 0 Å². The molecule has 0 bridgehead atoms.